The van der Waals surface area contributed by atoms with Crippen LogP contribution in [0.2, 0.25) is 0 Å². The van der Waals surface area contributed by atoms with Crippen molar-refractivity contribution < 1.29 is 10.2 Å². The van der Waals surface area contributed by atoms with Gasteiger partial charge in [-0.2, -0.15) is 17.0 Å². The molecule has 15 heavy (non-hydrogen) atoms. The molecule has 2 N–H and O–H groups in total. The molecule has 0 fully saturated rings. The molecule has 1 atom stereocenters. The summed E-state index contributed by atoms with van der Waals surface area (Å²) < 4.78 is 0. The smallest absolute Gasteiger partial charge is 0.140 e. The van der Waals surface area contributed by atoms with E-state index in [1.807, 2.05) is 12.1 Å². The van der Waals surface area contributed by atoms with Crippen LogP contribution < -0.4 is 0 Å². The average molecular weight is 224 g/mol. The van der Waals surface area contributed by atoms with Gasteiger partial charge in [-0.05, 0) is 17.7 Å². The van der Waals surface area contributed by atoms with E-state index in [1.54, 1.807) is 12.3 Å². The second kappa shape index (κ2) is 6.40. The van der Waals surface area contributed by atoms with Gasteiger partial charge >= 0.3 is 0 Å². The van der Waals surface area contributed by atoms with Gasteiger partial charge in [0.15, 0.2) is 0 Å². The first-order valence-corrected chi connectivity index (χ1v) is 5.63. The van der Waals surface area contributed by atoms with Crippen molar-refractivity contribution in [3.05, 3.63) is 29.6 Å². The molecule has 0 aromatic carbocycles. The minimum atomic E-state index is -0.674. The standard InChI is InChI=1S/C10H12N2O2S/c11-4-9-3-8(1-2-12-9)6-15-7-10(14)5-13/h1-3,10,13-14H,5-7H2. The SMILES string of the molecule is N#Cc1cc(CSCC(O)CO)ccn1. The maximum atomic E-state index is 9.10. The van der Waals surface area contributed by atoms with Gasteiger partial charge in [-0.25, -0.2) is 4.98 Å². The molecule has 0 bridgehead atoms. The van der Waals surface area contributed by atoms with Crippen molar-refractivity contribution in [2.75, 3.05) is 12.4 Å². The van der Waals surface area contributed by atoms with Gasteiger partial charge < -0.3 is 10.2 Å². The van der Waals surface area contributed by atoms with Crippen molar-refractivity contribution in [2.45, 2.75) is 11.9 Å². The highest BCUT2D eigenvalue weighted by atomic mass is 32.2. The van der Waals surface area contributed by atoms with Gasteiger partial charge in [-0.1, -0.05) is 0 Å². The molecule has 0 aliphatic carbocycles. The maximum absolute atomic E-state index is 9.10. The van der Waals surface area contributed by atoms with Crippen LogP contribution in [0.25, 0.3) is 0 Å². The third kappa shape index (κ3) is 4.30. The lowest BCUT2D eigenvalue weighted by atomic mass is 10.2. The Kier molecular flexibility index (Phi) is 5.12. The first-order chi connectivity index (χ1) is 7.26. The molecule has 1 aromatic rings. The lowest BCUT2D eigenvalue weighted by molar-refractivity contribution is 0.113. The van der Waals surface area contributed by atoms with E-state index in [4.69, 9.17) is 15.5 Å². The van der Waals surface area contributed by atoms with Crippen molar-refractivity contribution in [2.24, 2.45) is 0 Å². The zero-order valence-electron chi connectivity index (χ0n) is 8.13. The van der Waals surface area contributed by atoms with E-state index < -0.39 is 6.10 Å². The third-order valence-electron chi connectivity index (χ3n) is 1.73. The molecule has 0 aliphatic heterocycles. The predicted molar refractivity (Wildman–Crippen MR) is 58.2 cm³/mol. The molecule has 4 nitrogen and oxygen atoms in total. The molecule has 5 heteroatoms. The van der Waals surface area contributed by atoms with Crippen LogP contribution in [0.15, 0.2) is 18.3 Å². The zero-order valence-corrected chi connectivity index (χ0v) is 8.94. The van der Waals surface area contributed by atoms with Crippen LogP contribution in [0.5, 0.6) is 0 Å². The maximum Gasteiger partial charge on any atom is 0.140 e. The van der Waals surface area contributed by atoms with E-state index in [0.717, 1.165) is 5.56 Å². The molecule has 0 saturated heterocycles. The molecule has 80 valence electrons. The summed E-state index contributed by atoms with van der Waals surface area (Å²) in [6, 6.07) is 5.52. The largest absolute Gasteiger partial charge is 0.394 e. The number of nitriles is 1. The number of aromatic nitrogens is 1. The van der Waals surface area contributed by atoms with Gasteiger partial charge in [-0.15, -0.1) is 0 Å². The molecule has 0 spiro atoms. The van der Waals surface area contributed by atoms with Crippen LogP contribution in [0.4, 0.5) is 0 Å². The summed E-state index contributed by atoms with van der Waals surface area (Å²) in [5.74, 6) is 1.19. The third-order valence-corrected chi connectivity index (χ3v) is 2.89. The number of thioether (sulfide) groups is 1. The van der Waals surface area contributed by atoms with E-state index in [9.17, 15) is 0 Å². The highest BCUT2D eigenvalue weighted by molar-refractivity contribution is 7.98. The van der Waals surface area contributed by atoms with Gasteiger partial charge in [0, 0.05) is 17.7 Å². The summed E-state index contributed by atoms with van der Waals surface area (Å²) >= 11 is 1.51. The Balaban J connectivity index is 2.41. The Morgan fingerprint density at radius 1 is 1.60 bits per heavy atom. The summed E-state index contributed by atoms with van der Waals surface area (Å²) in [4.78, 5) is 3.86. The molecule has 0 amide bonds. The number of hydrogen-bond donors (Lipinski definition) is 2. The molecule has 0 radical (unpaired) electrons. The minimum absolute atomic E-state index is 0.215. The predicted octanol–water partition coefficient (Wildman–Crippen LogP) is 0.540. The Morgan fingerprint density at radius 2 is 2.40 bits per heavy atom. The lowest BCUT2D eigenvalue weighted by Crippen LogP contribution is -2.14. The second-order valence-electron chi connectivity index (χ2n) is 3.01. The van der Waals surface area contributed by atoms with Crippen molar-refractivity contribution >= 4 is 11.8 Å². The number of hydrogen-bond acceptors (Lipinski definition) is 5. The number of pyridine rings is 1. The summed E-state index contributed by atoms with van der Waals surface area (Å²) in [5.41, 5.74) is 1.40. The van der Waals surface area contributed by atoms with Gasteiger partial charge in [0.1, 0.15) is 11.8 Å². The normalized spacial score (nSPS) is 12.1. The van der Waals surface area contributed by atoms with Gasteiger partial charge in [0.05, 0.1) is 12.7 Å². The van der Waals surface area contributed by atoms with E-state index in [2.05, 4.69) is 4.98 Å². The van der Waals surface area contributed by atoms with E-state index in [-0.39, 0.29) is 6.61 Å². The van der Waals surface area contributed by atoms with Crippen molar-refractivity contribution in [1.82, 2.24) is 4.98 Å². The van der Waals surface area contributed by atoms with E-state index >= 15 is 0 Å². The van der Waals surface area contributed by atoms with Crippen LogP contribution >= 0.6 is 11.8 Å². The monoisotopic (exact) mass is 224 g/mol. The topological polar surface area (TPSA) is 77.1 Å². The zero-order chi connectivity index (χ0) is 11.1. The highest BCUT2D eigenvalue weighted by Gasteiger charge is 2.02. The first-order valence-electron chi connectivity index (χ1n) is 4.48. The van der Waals surface area contributed by atoms with Crippen LogP contribution in [0.3, 0.4) is 0 Å². The lowest BCUT2D eigenvalue weighted by Gasteiger charge is -2.06. The average Bonchev–Trinajstić information content (AvgIpc) is 2.29. The number of aliphatic hydroxyl groups excluding tert-OH is 2. The molecule has 1 heterocycles. The molecule has 0 saturated carbocycles. The van der Waals surface area contributed by atoms with Crippen molar-refractivity contribution in [1.29, 1.82) is 5.26 Å². The fraction of sp³-hybridized carbons (Fsp3) is 0.400. The van der Waals surface area contributed by atoms with E-state index in [0.29, 0.717) is 17.2 Å². The molecular formula is C10H12N2O2S. The Bertz CT molecular complexity index is 352. The van der Waals surface area contributed by atoms with Crippen molar-refractivity contribution in [3.8, 4) is 6.07 Å². The summed E-state index contributed by atoms with van der Waals surface area (Å²) in [6.45, 7) is -0.215. The van der Waals surface area contributed by atoms with Crippen LogP contribution in [-0.4, -0.2) is 33.7 Å². The number of nitrogens with zero attached hydrogens (tertiary/aromatic N) is 2. The molecule has 0 aliphatic rings. The fourth-order valence-electron chi connectivity index (χ4n) is 0.991. The first kappa shape index (κ1) is 12.0. The van der Waals surface area contributed by atoms with Gasteiger partial charge in [0.2, 0.25) is 0 Å². The Hall–Kier alpha value is -1.09. The second-order valence-corrected chi connectivity index (χ2v) is 4.04. The molecule has 1 rings (SSSR count). The Labute approximate surface area is 92.6 Å². The molecular weight excluding hydrogens is 212 g/mol. The van der Waals surface area contributed by atoms with Gasteiger partial charge in [0.25, 0.3) is 0 Å². The Morgan fingerprint density at radius 3 is 3.07 bits per heavy atom. The fourth-order valence-corrected chi connectivity index (χ4v) is 1.90. The van der Waals surface area contributed by atoms with E-state index in [1.165, 1.54) is 11.8 Å². The molecule has 1 unspecified atom stereocenters. The van der Waals surface area contributed by atoms with Crippen LogP contribution in [-0.2, 0) is 5.75 Å². The van der Waals surface area contributed by atoms with Crippen molar-refractivity contribution in [3.63, 3.8) is 0 Å². The summed E-state index contributed by atoms with van der Waals surface area (Å²) in [7, 11) is 0. The summed E-state index contributed by atoms with van der Waals surface area (Å²) in [5, 5.41) is 26.3. The quantitative estimate of drug-likeness (QED) is 0.763. The minimum Gasteiger partial charge on any atom is -0.394 e. The number of rotatable bonds is 5. The van der Waals surface area contributed by atoms with Crippen LogP contribution in [0, 0.1) is 11.3 Å². The van der Waals surface area contributed by atoms with Crippen LogP contribution in [0.1, 0.15) is 11.3 Å². The summed E-state index contributed by atoms with van der Waals surface area (Å²) in [6.07, 6.45) is 0.920. The highest BCUT2D eigenvalue weighted by Crippen LogP contribution is 2.13. The molecule has 1 aromatic heterocycles. The van der Waals surface area contributed by atoms with Gasteiger partial charge in [-0.3, -0.25) is 0 Å². The number of aliphatic hydroxyl groups is 2.